The van der Waals surface area contributed by atoms with Crippen molar-refractivity contribution in [1.82, 2.24) is 19.0 Å². The number of aromatic nitrogens is 3. The van der Waals surface area contributed by atoms with E-state index in [1.165, 1.54) is 10.6 Å². The van der Waals surface area contributed by atoms with E-state index in [0.717, 1.165) is 0 Å². The molecule has 0 saturated carbocycles. The van der Waals surface area contributed by atoms with Crippen LogP contribution >= 0.6 is 0 Å². The highest BCUT2D eigenvalue weighted by molar-refractivity contribution is 7.94. The Morgan fingerprint density at radius 3 is 2.63 bits per heavy atom. The van der Waals surface area contributed by atoms with Crippen molar-refractivity contribution in [2.75, 3.05) is 24.6 Å². The Morgan fingerprint density at radius 2 is 1.91 bits per heavy atom. The lowest BCUT2D eigenvalue weighted by atomic mass is 10.0. The maximum Gasteiger partial charge on any atom is 0.334 e. The second-order valence-corrected chi connectivity index (χ2v) is 11.6. The maximum absolute atomic E-state index is 14.1. The van der Waals surface area contributed by atoms with E-state index in [1.54, 1.807) is 63.6 Å². The fourth-order valence-corrected chi connectivity index (χ4v) is 6.24. The smallest absolute Gasteiger partial charge is 0.334 e. The minimum atomic E-state index is -1.07. The number of anilines is 1. The number of imidazole rings is 1. The summed E-state index contributed by atoms with van der Waals surface area (Å²) in [6, 6.07) is 20.0. The molecule has 2 aromatic carbocycles. The van der Waals surface area contributed by atoms with Gasteiger partial charge in [-0.1, -0.05) is 18.2 Å². The number of allylic oxidation sites excluding steroid dienone is 3. The highest BCUT2D eigenvalue weighted by Crippen LogP contribution is 2.30. The number of amides is 1. The van der Waals surface area contributed by atoms with Gasteiger partial charge in [0.25, 0.3) is 5.91 Å². The molecule has 2 N–H and O–H groups in total. The standard InChI is InChI=1S/C32H28N6O4S/c33-20-23(19-22-13-17-43(41)18-14-22)31(39)36-16-4-5-25(21-36)37-28-12-15-35-30(34)29(28)38(32(37)40)24-8-10-27(11-9-24)42-26-6-2-1-3-7-26/h1-3,6-15,17,19,25H,4-5,16,18,21H2,(H2,34,35)/t25-,43+/m1/s1. The summed E-state index contributed by atoms with van der Waals surface area (Å²) >= 11 is -1.07. The van der Waals surface area contributed by atoms with Gasteiger partial charge in [-0.25, -0.2) is 9.78 Å². The SMILES string of the molecule is N#CC(=CC1=CC[S@@+]([O-])C=C1)C(=O)N1CCC[C@@H](n2c(=O)n(-c3ccc(Oc4ccccc4)cc3)c3c(N)nccc32)C1. The summed E-state index contributed by atoms with van der Waals surface area (Å²) in [5.74, 6) is 1.47. The van der Waals surface area contributed by atoms with E-state index >= 15 is 0 Å². The van der Waals surface area contributed by atoms with Gasteiger partial charge >= 0.3 is 5.69 Å². The Morgan fingerprint density at radius 1 is 1.14 bits per heavy atom. The Kier molecular flexibility index (Phi) is 7.87. The molecular formula is C32H28N6O4S. The summed E-state index contributed by atoms with van der Waals surface area (Å²) in [7, 11) is 0. The third-order valence-electron chi connectivity index (χ3n) is 7.49. The summed E-state index contributed by atoms with van der Waals surface area (Å²) in [4.78, 5) is 33.4. The number of piperidine rings is 1. The Hall–Kier alpha value is -5.05. The number of hydrogen-bond donors (Lipinski definition) is 1. The van der Waals surface area contributed by atoms with Crippen molar-refractivity contribution in [2.45, 2.75) is 18.9 Å². The van der Waals surface area contributed by atoms with Crippen molar-refractivity contribution in [3.05, 3.63) is 112 Å². The van der Waals surface area contributed by atoms with Crippen LogP contribution in [0.15, 0.2) is 106 Å². The predicted octanol–water partition coefficient (Wildman–Crippen LogP) is 4.38. The van der Waals surface area contributed by atoms with Crippen LogP contribution in [0.5, 0.6) is 11.5 Å². The van der Waals surface area contributed by atoms with E-state index in [0.29, 0.717) is 58.9 Å². The number of carbonyl (C=O) groups excluding carboxylic acids is 1. The fraction of sp³-hybridized carbons (Fsp3) is 0.188. The maximum atomic E-state index is 14.1. The molecule has 0 unspecified atom stereocenters. The zero-order valence-electron chi connectivity index (χ0n) is 23.1. The zero-order valence-corrected chi connectivity index (χ0v) is 23.9. The average Bonchev–Trinajstić information content (AvgIpc) is 3.34. The Labute approximate surface area is 250 Å². The summed E-state index contributed by atoms with van der Waals surface area (Å²) in [5.41, 5.74) is 8.38. The number of carbonyl (C=O) groups is 1. The first-order valence-corrected chi connectivity index (χ1v) is 15.2. The van der Waals surface area contributed by atoms with E-state index in [1.807, 2.05) is 36.4 Å². The summed E-state index contributed by atoms with van der Waals surface area (Å²) in [6.45, 7) is 0.717. The fourth-order valence-electron chi connectivity index (χ4n) is 5.46. The highest BCUT2D eigenvalue weighted by Gasteiger charge is 2.30. The van der Waals surface area contributed by atoms with Crippen molar-refractivity contribution < 1.29 is 14.1 Å². The summed E-state index contributed by atoms with van der Waals surface area (Å²) < 4.78 is 20.7. The number of ether oxygens (including phenoxy) is 1. The van der Waals surface area contributed by atoms with E-state index in [-0.39, 0.29) is 29.7 Å². The molecule has 2 atom stereocenters. The van der Waals surface area contributed by atoms with Gasteiger partial charge in [-0.2, -0.15) is 5.26 Å². The predicted molar refractivity (Wildman–Crippen MR) is 165 cm³/mol. The van der Waals surface area contributed by atoms with Gasteiger partial charge in [0.05, 0.1) is 17.2 Å². The molecule has 11 heteroatoms. The van der Waals surface area contributed by atoms with Crippen molar-refractivity contribution in [3.8, 4) is 23.3 Å². The summed E-state index contributed by atoms with van der Waals surface area (Å²) in [5, 5.41) is 11.3. The number of pyridine rings is 1. The first-order chi connectivity index (χ1) is 20.9. The van der Waals surface area contributed by atoms with E-state index in [4.69, 9.17) is 10.5 Å². The molecule has 0 aliphatic carbocycles. The molecular weight excluding hydrogens is 564 g/mol. The lowest BCUT2D eigenvalue weighted by Gasteiger charge is -2.33. The zero-order chi connectivity index (χ0) is 29.9. The second-order valence-electron chi connectivity index (χ2n) is 10.2. The van der Waals surface area contributed by atoms with Gasteiger partial charge in [0, 0.05) is 19.3 Å². The number of fused-ring (bicyclic) bond motifs is 1. The van der Waals surface area contributed by atoms with Gasteiger partial charge in [-0.3, -0.25) is 13.9 Å². The van der Waals surface area contributed by atoms with Crippen LogP contribution in [0.4, 0.5) is 5.82 Å². The van der Waals surface area contributed by atoms with Gasteiger partial charge in [-0.15, -0.1) is 0 Å². The molecule has 10 nitrogen and oxygen atoms in total. The number of likely N-dealkylation sites (tertiary alicyclic amines) is 1. The first kappa shape index (κ1) is 28.1. The van der Waals surface area contributed by atoms with E-state index < -0.39 is 17.1 Å². The topological polar surface area (TPSA) is 142 Å². The van der Waals surface area contributed by atoms with Crippen molar-refractivity contribution in [1.29, 1.82) is 5.26 Å². The minimum Gasteiger partial charge on any atom is -0.612 e. The second kappa shape index (κ2) is 12.1. The van der Waals surface area contributed by atoms with E-state index in [9.17, 15) is 19.4 Å². The molecule has 0 spiro atoms. The van der Waals surface area contributed by atoms with Crippen LogP contribution in [0.2, 0.25) is 0 Å². The Balaban J connectivity index is 1.31. The van der Waals surface area contributed by atoms with Gasteiger partial charge in [0.15, 0.2) is 0 Å². The average molecular weight is 593 g/mol. The molecule has 1 fully saturated rings. The van der Waals surface area contributed by atoms with Crippen molar-refractivity contribution in [2.24, 2.45) is 0 Å². The van der Waals surface area contributed by atoms with Crippen LogP contribution in [0.25, 0.3) is 16.7 Å². The van der Waals surface area contributed by atoms with Crippen LogP contribution < -0.4 is 16.2 Å². The van der Waals surface area contributed by atoms with Crippen molar-refractivity contribution >= 4 is 33.9 Å². The van der Waals surface area contributed by atoms with Gasteiger partial charge in [-0.05, 0) is 90.3 Å². The van der Waals surface area contributed by atoms with Crippen LogP contribution in [0.1, 0.15) is 18.9 Å². The number of hydrogen-bond acceptors (Lipinski definition) is 7. The molecule has 1 saturated heterocycles. The number of nitrogens with two attached hydrogens (primary N) is 1. The third kappa shape index (κ3) is 5.70. The van der Waals surface area contributed by atoms with Crippen LogP contribution in [-0.4, -0.2) is 48.3 Å². The van der Waals surface area contributed by atoms with Crippen LogP contribution in [0.3, 0.4) is 0 Å². The molecule has 2 aliphatic heterocycles. The largest absolute Gasteiger partial charge is 0.612 e. The van der Waals surface area contributed by atoms with Gasteiger partial charge in [0.1, 0.15) is 45.6 Å². The molecule has 1 amide bonds. The van der Waals surface area contributed by atoms with Crippen molar-refractivity contribution in [3.63, 3.8) is 0 Å². The first-order valence-electron chi connectivity index (χ1n) is 13.8. The van der Waals surface area contributed by atoms with Gasteiger partial charge in [0.2, 0.25) is 0 Å². The number of benzene rings is 2. The van der Waals surface area contributed by atoms with E-state index in [2.05, 4.69) is 4.98 Å². The Bertz CT molecular complexity index is 1870. The molecule has 2 aliphatic rings. The molecule has 4 aromatic rings. The molecule has 0 bridgehead atoms. The molecule has 4 heterocycles. The quantitative estimate of drug-likeness (QED) is 0.199. The number of rotatable bonds is 6. The number of nitrogens with zero attached hydrogens (tertiary/aromatic N) is 5. The minimum absolute atomic E-state index is 0.00902. The molecule has 43 heavy (non-hydrogen) atoms. The monoisotopic (exact) mass is 592 g/mol. The lowest BCUT2D eigenvalue weighted by molar-refractivity contribution is -0.128. The van der Waals surface area contributed by atoms with Gasteiger partial charge < -0.3 is 19.9 Å². The van der Waals surface area contributed by atoms with Crippen LogP contribution in [-0.2, 0) is 16.0 Å². The molecule has 0 radical (unpaired) electrons. The number of para-hydroxylation sites is 1. The summed E-state index contributed by atoms with van der Waals surface area (Å²) in [6.07, 6.45) is 7.80. The normalized spacial score (nSPS) is 18.7. The highest BCUT2D eigenvalue weighted by atomic mass is 32.2. The molecule has 216 valence electrons. The lowest BCUT2D eigenvalue weighted by Crippen LogP contribution is -2.43. The number of nitriles is 1. The number of nitrogen functional groups attached to an aromatic ring is 1. The van der Waals surface area contributed by atoms with Crippen LogP contribution in [0, 0.1) is 11.3 Å². The third-order valence-corrected chi connectivity index (χ3v) is 8.43. The molecule has 6 rings (SSSR count). The molecule has 2 aromatic heterocycles.